The Hall–Kier alpha value is -1.37. The highest BCUT2D eigenvalue weighted by Gasteiger charge is 2.32. The molecule has 1 N–H and O–H groups in total. The maximum Gasteiger partial charge on any atom is 0.446 e. The lowest BCUT2D eigenvalue weighted by atomic mass is 10.1. The van der Waals surface area contributed by atoms with Gasteiger partial charge in [-0.2, -0.15) is 18.3 Å². The van der Waals surface area contributed by atoms with Crippen molar-refractivity contribution in [3.63, 3.8) is 0 Å². The molecule has 3 rings (SSSR count). The van der Waals surface area contributed by atoms with E-state index >= 15 is 0 Å². The van der Waals surface area contributed by atoms with Gasteiger partial charge in [0.25, 0.3) is 0 Å². The van der Waals surface area contributed by atoms with Gasteiger partial charge in [-0.15, -0.1) is 0 Å². The lowest BCUT2D eigenvalue weighted by molar-refractivity contribution is -0.0328. The van der Waals surface area contributed by atoms with Crippen molar-refractivity contribution in [3.05, 3.63) is 23.9 Å². The van der Waals surface area contributed by atoms with E-state index in [2.05, 4.69) is 10.4 Å². The molecule has 3 nitrogen and oxygen atoms in total. The lowest BCUT2D eigenvalue weighted by Crippen LogP contribution is -2.20. The van der Waals surface area contributed by atoms with E-state index in [1.165, 1.54) is 25.7 Å². The van der Waals surface area contributed by atoms with E-state index in [1.807, 2.05) is 6.07 Å². The number of rotatable bonds is 3. The third-order valence-electron chi connectivity index (χ3n) is 4.20. The number of hydrogen-bond acceptors (Lipinski definition) is 3. The number of hydrogen-bond donors (Lipinski definition) is 1. The van der Waals surface area contributed by atoms with Crippen molar-refractivity contribution in [1.82, 2.24) is 9.61 Å². The smallest absolute Gasteiger partial charge is 0.367 e. The zero-order chi connectivity index (χ0) is 16.4. The number of alkyl halides is 3. The maximum absolute atomic E-state index is 12.8. The minimum Gasteiger partial charge on any atom is -0.367 e. The Morgan fingerprint density at radius 3 is 2.52 bits per heavy atom. The molecule has 0 atom stereocenters. The van der Waals surface area contributed by atoms with Crippen molar-refractivity contribution < 1.29 is 13.2 Å². The van der Waals surface area contributed by atoms with Crippen LogP contribution in [0.4, 0.5) is 19.0 Å². The number of thioether (sulfide) groups is 1. The summed E-state index contributed by atoms with van der Waals surface area (Å²) < 4.78 is 39.9. The minimum absolute atomic E-state index is 0.0895. The Morgan fingerprint density at radius 1 is 1.17 bits per heavy atom. The van der Waals surface area contributed by atoms with E-state index in [0.29, 0.717) is 17.3 Å². The molecule has 1 aliphatic carbocycles. The van der Waals surface area contributed by atoms with Gasteiger partial charge in [0.2, 0.25) is 0 Å². The summed E-state index contributed by atoms with van der Waals surface area (Å²) in [5, 5.41) is 7.80. The van der Waals surface area contributed by atoms with Crippen LogP contribution >= 0.6 is 11.8 Å². The van der Waals surface area contributed by atoms with Crippen molar-refractivity contribution in [2.75, 3.05) is 5.32 Å². The van der Waals surface area contributed by atoms with Crippen LogP contribution < -0.4 is 5.32 Å². The molecule has 0 unspecified atom stereocenters. The highest BCUT2D eigenvalue weighted by Crippen LogP contribution is 2.41. The van der Waals surface area contributed by atoms with E-state index in [1.54, 1.807) is 23.6 Å². The zero-order valence-electron chi connectivity index (χ0n) is 13.0. The minimum atomic E-state index is -4.31. The van der Waals surface area contributed by atoms with Gasteiger partial charge in [-0.05, 0) is 43.7 Å². The summed E-state index contributed by atoms with van der Waals surface area (Å²) in [7, 11) is 0. The average molecular weight is 343 g/mol. The van der Waals surface area contributed by atoms with Crippen molar-refractivity contribution >= 4 is 23.1 Å². The number of nitrogens with one attached hydrogen (secondary N) is 1. The Balaban J connectivity index is 1.91. The topological polar surface area (TPSA) is 29.3 Å². The van der Waals surface area contributed by atoms with Gasteiger partial charge < -0.3 is 5.32 Å². The van der Waals surface area contributed by atoms with Gasteiger partial charge >= 0.3 is 5.51 Å². The molecule has 0 saturated heterocycles. The number of halogens is 3. The second kappa shape index (κ2) is 6.63. The number of fused-ring (bicyclic) bond motifs is 1. The summed E-state index contributed by atoms with van der Waals surface area (Å²) in [6.07, 6.45) is 7.11. The van der Waals surface area contributed by atoms with E-state index in [4.69, 9.17) is 0 Å². The van der Waals surface area contributed by atoms with Crippen LogP contribution in [0.3, 0.4) is 0 Å². The monoisotopic (exact) mass is 343 g/mol. The van der Waals surface area contributed by atoms with Crippen molar-refractivity contribution in [3.8, 4) is 0 Å². The van der Waals surface area contributed by atoms with Crippen molar-refractivity contribution in [2.24, 2.45) is 0 Å². The first-order chi connectivity index (χ1) is 10.9. The molecule has 0 aliphatic heterocycles. The summed E-state index contributed by atoms with van der Waals surface area (Å²) in [5.41, 5.74) is -3.40. The molecular weight excluding hydrogens is 323 g/mol. The second-order valence-corrected chi connectivity index (χ2v) is 7.08. The molecule has 0 aromatic carbocycles. The summed E-state index contributed by atoms with van der Waals surface area (Å²) in [6.45, 7) is 1.62. The number of anilines is 1. The van der Waals surface area contributed by atoms with Gasteiger partial charge in [-0.3, -0.25) is 0 Å². The molecule has 0 radical (unpaired) electrons. The van der Waals surface area contributed by atoms with Gasteiger partial charge in [-0.25, -0.2) is 4.52 Å². The van der Waals surface area contributed by atoms with E-state index in [0.717, 1.165) is 18.7 Å². The van der Waals surface area contributed by atoms with Crippen LogP contribution in [0.2, 0.25) is 0 Å². The maximum atomic E-state index is 12.8. The first kappa shape index (κ1) is 16.5. The quantitative estimate of drug-likeness (QED) is 0.598. The largest absolute Gasteiger partial charge is 0.446 e. The lowest BCUT2D eigenvalue weighted by Gasteiger charge is -2.18. The zero-order valence-corrected chi connectivity index (χ0v) is 13.8. The molecule has 1 saturated carbocycles. The molecule has 2 aromatic heterocycles. The first-order valence-corrected chi connectivity index (χ1v) is 8.76. The molecule has 2 heterocycles. The Labute approximate surface area is 137 Å². The normalized spacial score (nSPS) is 17.4. The number of aryl methyl sites for hydroxylation is 1. The molecule has 0 bridgehead atoms. The fraction of sp³-hybridized carbons (Fsp3) is 0.562. The molecular formula is C16H20F3N3S. The SMILES string of the molecule is Cc1nn2c(NC3CCCCCC3)cccc2c1SC(F)(F)F. The van der Waals surface area contributed by atoms with Gasteiger partial charge in [0.1, 0.15) is 5.82 Å². The predicted molar refractivity (Wildman–Crippen MR) is 87.0 cm³/mol. The standard InChI is InChI=1S/C16H20F3N3S/c1-11-15(23-16(17,18)19)13-9-6-10-14(22(13)21-11)20-12-7-4-2-3-5-8-12/h6,9-10,12,20H,2-5,7-8H2,1H3. The Bertz CT molecular complexity index is 673. The number of aromatic nitrogens is 2. The highest BCUT2D eigenvalue weighted by atomic mass is 32.2. The number of pyridine rings is 1. The first-order valence-electron chi connectivity index (χ1n) is 7.95. The molecule has 7 heteroatoms. The van der Waals surface area contributed by atoms with Crippen LogP contribution in [0, 0.1) is 6.92 Å². The Kier molecular flexibility index (Phi) is 4.75. The molecule has 0 spiro atoms. The molecule has 0 amide bonds. The fourth-order valence-electron chi connectivity index (χ4n) is 3.15. The van der Waals surface area contributed by atoms with E-state index < -0.39 is 5.51 Å². The van der Waals surface area contributed by atoms with Crippen LogP contribution in [0.5, 0.6) is 0 Å². The highest BCUT2D eigenvalue weighted by molar-refractivity contribution is 8.00. The predicted octanol–water partition coefficient (Wildman–Crippen LogP) is 5.39. The fourth-order valence-corrected chi connectivity index (χ4v) is 3.82. The molecule has 1 fully saturated rings. The second-order valence-electron chi connectivity index (χ2n) is 6.00. The van der Waals surface area contributed by atoms with E-state index in [9.17, 15) is 13.2 Å². The average Bonchev–Trinajstić information content (AvgIpc) is 2.66. The van der Waals surface area contributed by atoms with Crippen molar-refractivity contribution in [2.45, 2.75) is 61.9 Å². The third kappa shape index (κ3) is 3.94. The van der Waals surface area contributed by atoms with Crippen LogP contribution in [-0.2, 0) is 0 Å². The van der Waals surface area contributed by atoms with Gasteiger partial charge in [0.05, 0.1) is 16.1 Å². The van der Waals surface area contributed by atoms with Crippen molar-refractivity contribution in [1.29, 1.82) is 0 Å². The van der Waals surface area contributed by atoms with Gasteiger partial charge in [0, 0.05) is 6.04 Å². The van der Waals surface area contributed by atoms with Crippen LogP contribution in [0.15, 0.2) is 23.1 Å². The summed E-state index contributed by atoms with van der Waals surface area (Å²) in [4.78, 5) is 0.182. The molecule has 126 valence electrons. The number of nitrogens with zero attached hydrogens (tertiary/aromatic N) is 2. The summed E-state index contributed by atoms with van der Waals surface area (Å²) in [6, 6.07) is 5.72. The van der Waals surface area contributed by atoms with Crippen LogP contribution in [0.25, 0.3) is 5.52 Å². The van der Waals surface area contributed by atoms with Crippen LogP contribution in [-0.4, -0.2) is 21.2 Å². The Morgan fingerprint density at radius 2 is 1.87 bits per heavy atom. The third-order valence-corrected chi connectivity index (χ3v) is 5.14. The van der Waals surface area contributed by atoms with Gasteiger partial charge in [0.15, 0.2) is 0 Å². The molecule has 2 aromatic rings. The molecule has 1 aliphatic rings. The van der Waals surface area contributed by atoms with Gasteiger partial charge in [-0.1, -0.05) is 31.7 Å². The summed E-state index contributed by atoms with van der Waals surface area (Å²) in [5.74, 6) is 0.770. The van der Waals surface area contributed by atoms with Crippen LogP contribution in [0.1, 0.15) is 44.2 Å². The molecule has 23 heavy (non-hydrogen) atoms. The summed E-state index contributed by atoms with van der Waals surface area (Å²) >= 11 is -0.0895. The van der Waals surface area contributed by atoms with E-state index in [-0.39, 0.29) is 16.7 Å².